The Hall–Kier alpha value is -2.69. The molecule has 0 spiro atoms. The molecule has 174 valence electrons. The minimum absolute atomic E-state index is 0.0814. The number of amides is 2. The number of rotatable bonds is 9. The zero-order chi connectivity index (χ0) is 24.0. The summed E-state index contributed by atoms with van der Waals surface area (Å²) in [5.74, 6) is 0.179. The van der Waals surface area contributed by atoms with E-state index in [4.69, 9.17) is 25.8 Å². The molecule has 8 nitrogen and oxygen atoms in total. The predicted molar refractivity (Wildman–Crippen MR) is 128 cm³/mol. The van der Waals surface area contributed by atoms with Crippen LogP contribution in [0.3, 0.4) is 0 Å². The van der Waals surface area contributed by atoms with E-state index >= 15 is 0 Å². The third-order valence-corrected chi connectivity index (χ3v) is 6.33. The fourth-order valence-corrected chi connectivity index (χ4v) is 4.26. The molecular weight excluding hydrogens is 538 g/mol. The number of ether oxygens (including phenoxy) is 4. The molecule has 11 heteroatoms. The van der Waals surface area contributed by atoms with E-state index in [-0.39, 0.29) is 24.7 Å². The first-order valence-electron chi connectivity index (χ1n) is 9.54. The lowest BCUT2D eigenvalue weighted by Crippen LogP contribution is -2.32. The van der Waals surface area contributed by atoms with E-state index in [0.29, 0.717) is 32.3 Å². The Morgan fingerprint density at radius 3 is 2.58 bits per heavy atom. The average molecular weight is 557 g/mol. The van der Waals surface area contributed by atoms with Crippen molar-refractivity contribution < 1.29 is 33.3 Å². The number of halogens is 2. The molecule has 0 N–H and O–H groups in total. The van der Waals surface area contributed by atoms with Gasteiger partial charge in [-0.3, -0.25) is 14.5 Å². The zero-order valence-corrected chi connectivity index (χ0v) is 20.8. The first-order valence-corrected chi connectivity index (χ1v) is 11.5. The molecular formula is C22H19BrClNO7S. The van der Waals surface area contributed by atoms with Crippen molar-refractivity contribution in [3.63, 3.8) is 0 Å². The van der Waals surface area contributed by atoms with Crippen LogP contribution in [0.25, 0.3) is 6.08 Å². The van der Waals surface area contributed by atoms with Gasteiger partial charge in [-0.2, -0.15) is 0 Å². The van der Waals surface area contributed by atoms with Gasteiger partial charge in [-0.25, -0.2) is 4.79 Å². The largest absolute Gasteiger partial charge is 0.493 e. The molecule has 3 rings (SSSR count). The summed E-state index contributed by atoms with van der Waals surface area (Å²) in [4.78, 5) is 37.9. The van der Waals surface area contributed by atoms with Crippen molar-refractivity contribution in [3.05, 3.63) is 56.4 Å². The minimum atomic E-state index is -0.538. The van der Waals surface area contributed by atoms with Gasteiger partial charge in [0.05, 0.1) is 30.7 Å². The lowest BCUT2D eigenvalue weighted by atomic mass is 10.2. The molecule has 2 aromatic carbocycles. The van der Waals surface area contributed by atoms with Gasteiger partial charge in [0.25, 0.3) is 11.1 Å². The second-order valence-electron chi connectivity index (χ2n) is 6.50. The maximum atomic E-state index is 12.8. The number of imide groups is 1. The lowest BCUT2D eigenvalue weighted by Gasteiger charge is -2.14. The first-order chi connectivity index (χ1) is 15.8. The number of hydrogen-bond acceptors (Lipinski definition) is 8. The third kappa shape index (κ3) is 6.21. The maximum Gasteiger partial charge on any atom is 0.343 e. The summed E-state index contributed by atoms with van der Waals surface area (Å²) in [7, 11) is 2.71. The van der Waals surface area contributed by atoms with Gasteiger partial charge < -0.3 is 18.9 Å². The molecule has 1 saturated heterocycles. The Bertz CT molecular complexity index is 1110. The molecule has 2 amide bonds. The van der Waals surface area contributed by atoms with Crippen molar-refractivity contribution in [2.75, 3.05) is 34.0 Å². The van der Waals surface area contributed by atoms with Gasteiger partial charge in [-0.05, 0) is 47.7 Å². The van der Waals surface area contributed by atoms with Crippen molar-refractivity contribution in [1.82, 2.24) is 4.90 Å². The Morgan fingerprint density at radius 2 is 1.88 bits per heavy atom. The topological polar surface area (TPSA) is 91.4 Å². The molecule has 0 aliphatic carbocycles. The molecule has 2 aromatic rings. The fourth-order valence-electron chi connectivity index (χ4n) is 2.77. The lowest BCUT2D eigenvalue weighted by molar-refractivity contribution is -0.142. The van der Waals surface area contributed by atoms with Crippen LogP contribution in [0.5, 0.6) is 17.2 Å². The van der Waals surface area contributed by atoms with Crippen molar-refractivity contribution in [2.24, 2.45) is 0 Å². The van der Waals surface area contributed by atoms with E-state index in [9.17, 15) is 14.4 Å². The van der Waals surface area contributed by atoms with Gasteiger partial charge in [0.1, 0.15) is 12.4 Å². The van der Waals surface area contributed by atoms with Gasteiger partial charge in [-0.1, -0.05) is 39.7 Å². The molecule has 33 heavy (non-hydrogen) atoms. The van der Waals surface area contributed by atoms with Crippen molar-refractivity contribution in [2.45, 2.75) is 0 Å². The Morgan fingerprint density at radius 1 is 1.12 bits per heavy atom. The van der Waals surface area contributed by atoms with Crippen molar-refractivity contribution >= 4 is 62.5 Å². The van der Waals surface area contributed by atoms with Gasteiger partial charge in [0.2, 0.25) is 0 Å². The molecule has 0 radical (unpaired) electrons. The van der Waals surface area contributed by atoms with E-state index < -0.39 is 17.1 Å². The van der Waals surface area contributed by atoms with Crippen LogP contribution in [0.4, 0.5) is 4.79 Å². The summed E-state index contributed by atoms with van der Waals surface area (Å²) in [5.41, 5.74) is 0.593. The standard InChI is InChI=1S/C22H19BrClNO7S/c1-29-17-9-13(14(23)11-18(17)32-12-20(26)30-2)10-19-21(27)25(22(28)33-19)7-8-31-16-6-4-3-5-15(16)24/h3-6,9-11H,7-8,12H2,1-2H3/b19-10-. The third-order valence-electron chi connectivity index (χ3n) is 4.43. The predicted octanol–water partition coefficient (Wildman–Crippen LogP) is 4.78. The van der Waals surface area contributed by atoms with Crippen LogP contribution in [0.15, 0.2) is 45.8 Å². The van der Waals surface area contributed by atoms with Crippen LogP contribution in [0.2, 0.25) is 5.02 Å². The van der Waals surface area contributed by atoms with Crippen LogP contribution in [-0.4, -0.2) is 56.0 Å². The number of esters is 1. The molecule has 0 bridgehead atoms. The molecule has 1 heterocycles. The average Bonchev–Trinajstić information content (AvgIpc) is 3.07. The Kier molecular flexibility index (Phi) is 8.65. The monoisotopic (exact) mass is 555 g/mol. The second-order valence-corrected chi connectivity index (χ2v) is 8.76. The zero-order valence-electron chi connectivity index (χ0n) is 17.6. The number of carbonyl (C=O) groups excluding carboxylic acids is 3. The highest BCUT2D eigenvalue weighted by Crippen LogP contribution is 2.38. The number of hydrogen-bond donors (Lipinski definition) is 0. The SMILES string of the molecule is COC(=O)COc1cc(Br)c(/C=C2\SC(=O)N(CCOc3ccccc3Cl)C2=O)cc1OC. The Balaban J connectivity index is 1.71. The van der Waals surface area contributed by atoms with Crippen LogP contribution in [-0.2, 0) is 14.3 Å². The number of carbonyl (C=O) groups is 3. The minimum Gasteiger partial charge on any atom is -0.493 e. The molecule has 1 fully saturated rings. The highest BCUT2D eigenvalue weighted by molar-refractivity contribution is 9.10. The van der Waals surface area contributed by atoms with Crippen LogP contribution < -0.4 is 14.2 Å². The number of benzene rings is 2. The van der Waals surface area contributed by atoms with E-state index in [1.165, 1.54) is 14.2 Å². The van der Waals surface area contributed by atoms with E-state index in [0.717, 1.165) is 16.7 Å². The number of methoxy groups -OCH3 is 2. The quantitative estimate of drug-likeness (QED) is 0.322. The van der Waals surface area contributed by atoms with Gasteiger partial charge in [0, 0.05) is 4.47 Å². The smallest absolute Gasteiger partial charge is 0.343 e. The molecule has 1 aliphatic rings. The summed E-state index contributed by atoms with van der Waals surface area (Å²) >= 11 is 10.3. The van der Waals surface area contributed by atoms with Crippen LogP contribution >= 0.6 is 39.3 Å². The van der Waals surface area contributed by atoms with Crippen molar-refractivity contribution in [3.8, 4) is 17.2 Å². The summed E-state index contributed by atoms with van der Waals surface area (Å²) < 4.78 is 21.5. The second kappa shape index (κ2) is 11.4. The van der Waals surface area contributed by atoms with E-state index in [1.54, 1.807) is 42.5 Å². The van der Waals surface area contributed by atoms with Gasteiger partial charge >= 0.3 is 5.97 Å². The molecule has 1 aliphatic heterocycles. The molecule has 0 unspecified atom stereocenters. The van der Waals surface area contributed by atoms with Crippen molar-refractivity contribution in [1.29, 1.82) is 0 Å². The molecule has 0 aromatic heterocycles. The van der Waals surface area contributed by atoms with E-state index in [2.05, 4.69) is 20.7 Å². The number of thioether (sulfide) groups is 1. The maximum absolute atomic E-state index is 12.8. The summed E-state index contributed by atoms with van der Waals surface area (Å²) in [6.45, 7) is -0.0926. The van der Waals surface area contributed by atoms with E-state index in [1.807, 2.05) is 0 Å². The van der Waals surface area contributed by atoms with Gasteiger partial charge in [-0.15, -0.1) is 0 Å². The van der Waals surface area contributed by atoms with Crippen LogP contribution in [0.1, 0.15) is 5.56 Å². The fraction of sp³-hybridized carbons (Fsp3) is 0.227. The molecule has 0 saturated carbocycles. The highest BCUT2D eigenvalue weighted by atomic mass is 79.9. The highest BCUT2D eigenvalue weighted by Gasteiger charge is 2.35. The first kappa shape index (κ1) is 24.9. The summed E-state index contributed by atoms with van der Waals surface area (Å²) in [6, 6.07) is 10.2. The Labute approximate surface area is 207 Å². The normalized spacial score (nSPS) is 14.5. The number of para-hydroxylation sites is 1. The van der Waals surface area contributed by atoms with Gasteiger partial charge in [0.15, 0.2) is 18.1 Å². The summed E-state index contributed by atoms with van der Waals surface area (Å²) in [6.07, 6.45) is 1.58. The molecule has 0 atom stereocenters. The summed E-state index contributed by atoms with van der Waals surface area (Å²) in [5, 5.41) is 0.0551. The number of nitrogens with zero attached hydrogens (tertiary/aromatic N) is 1. The van der Waals surface area contributed by atoms with Crippen LogP contribution in [0, 0.1) is 0 Å².